The van der Waals surface area contributed by atoms with E-state index in [1.165, 1.54) is 6.92 Å². The molecule has 0 aliphatic heterocycles. The van der Waals surface area contributed by atoms with Gasteiger partial charge in [0.1, 0.15) is 12.1 Å². The Morgan fingerprint density at radius 1 is 1.03 bits per heavy atom. The Balaban J connectivity index is 2.04. The van der Waals surface area contributed by atoms with E-state index in [1.807, 2.05) is 24.3 Å². The maximum Gasteiger partial charge on any atom is 0.326 e. The third kappa shape index (κ3) is 7.61. The van der Waals surface area contributed by atoms with E-state index < -0.39 is 60.8 Å². The Morgan fingerprint density at radius 2 is 1.73 bits per heavy atom. The van der Waals surface area contributed by atoms with Crippen molar-refractivity contribution in [1.82, 2.24) is 20.9 Å². The highest BCUT2D eigenvalue weighted by Crippen LogP contribution is 2.19. The topological polar surface area (TPSA) is 204 Å². The van der Waals surface area contributed by atoms with Crippen LogP contribution in [0.3, 0.4) is 0 Å². The molecule has 3 amide bonds. The molecule has 33 heavy (non-hydrogen) atoms. The molecule has 8 N–H and O–H groups in total. The Kier molecular flexibility index (Phi) is 8.92. The number of nitrogens with two attached hydrogens (primary N) is 1. The van der Waals surface area contributed by atoms with Crippen molar-refractivity contribution in [2.45, 2.75) is 44.3 Å². The van der Waals surface area contributed by atoms with Crippen molar-refractivity contribution in [2.75, 3.05) is 6.54 Å². The third-order valence-corrected chi connectivity index (χ3v) is 4.85. The summed E-state index contributed by atoms with van der Waals surface area (Å²) in [5.74, 6) is -4.63. The molecule has 0 aliphatic carbocycles. The van der Waals surface area contributed by atoms with E-state index in [0.717, 1.165) is 16.5 Å². The standard InChI is InChI=1S/C21H27N5O7/c1-11(22)19(30)26-16(8-12-9-23-14-5-3-2-4-13(12)14)20(31)24-10-17(27)25-15(21(32)33)6-7-18(28)29/h2-5,9,11,15-16,23H,6-8,10,22H2,1H3,(H,24,31)(H,25,27)(H,26,30)(H,28,29)(H,32,33). The molecule has 12 nitrogen and oxygen atoms in total. The third-order valence-electron chi connectivity index (χ3n) is 4.85. The molecule has 12 heteroatoms. The van der Waals surface area contributed by atoms with Crippen LogP contribution in [0.25, 0.3) is 10.9 Å². The number of benzene rings is 1. The van der Waals surface area contributed by atoms with Crippen molar-refractivity contribution in [3.63, 3.8) is 0 Å². The van der Waals surface area contributed by atoms with Gasteiger partial charge in [-0.05, 0) is 25.0 Å². The summed E-state index contributed by atoms with van der Waals surface area (Å²) in [4.78, 5) is 61.9. The van der Waals surface area contributed by atoms with Crippen LogP contribution in [0.1, 0.15) is 25.3 Å². The van der Waals surface area contributed by atoms with Gasteiger partial charge in [0.2, 0.25) is 17.7 Å². The van der Waals surface area contributed by atoms with Gasteiger partial charge in [-0.25, -0.2) is 4.79 Å². The van der Waals surface area contributed by atoms with Gasteiger partial charge >= 0.3 is 11.9 Å². The van der Waals surface area contributed by atoms with E-state index in [1.54, 1.807) is 6.20 Å². The molecular formula is C21H27N5O7. The molecular weight excluding hydrogens is 434 g/mol. The van der Waals surface area contributed by atoms with Gasteiger partial charge < -0.3 is 36.9 Å². The number of nitrogens with one attached hydrogen (secondary N) is 4. The van der Waals surface area contributed by atoms with Crippen LogP contribution >= 0.6 is 0 Å². The molecule has 0 spiro atoms. The number of amides is 3. The number of aliphatic carboxylic acids is 2. The number of aromatic amines is 1. The lowest BCUT2D eigenvalue weighted by Gasteiger charge is -2.20. The first-order valence-electron chi connectivity index (χ1n) is 10.2. The minimum atomic E-state index is -1.41. The number of carboxylic acid groups (broad SMARTS) is 2. The fourth-order valence-corrected chi connectivity index (χ4v) is 3.09. The van der Waals surface area contributed by atoms with Crippen LogP contribution in [-0.2, 0) is 30.4 Å². The first kappa shape index (κ1) is 25.3. The van der Waals surface area contributed by atoms with Gasteiger partial charge in [0.25, 0.3) is 0 Å². The molecule has 3 unspecified atom stereocenters. The summed E-state index contributed by atoms with van der Waals surface area (Å²) in [5, 5.41) is 25.8. The molecule has 0 radical (unpaired) electrons. The summed E-state index contributed by atoms with van der Waals surface area (Å²) in [6.07, 6.45) is 1.08. The van der Waals surface area contributed by atoms with Gasteiger partial charge in [0.05, 0.1) is 12.6 Å². The number of para-hydroxylation sites is 1. The highest BCUT2D eigenvalue weighted by atomic mass is 16.4. The Hall–Kier alpha value is -3.93. The highest BCUT2D eigenvalue weighted by molar-refractivity contribution is 5.93. The number of rotatable bonds is 12. The lowest BCUT2D eigenvalue weighted by molar-refractivity contribution is -0.143. The van der Waals surface area contributed by atoms with E-state index in [4.69, 9.17) is 15.9 Å². The van der Waals surface area contributed by atoms with Crippen LogP contribution < -0.4 is 21.7 Å². The van der Waals surface area contributed by atoms with Crippen molar-refractivity contribution in [3.8, 4) is 0 Å². The molecule has 0 aliphatic rings. The number of carbonyl (C=O) groups is 5. The number of fused-ring (bicyclic) bond motifs is 1. The molecule has 0 saturated heterocycles. The predicted molar refractivity (Wildman–Crippen MR) is 117 cm³/mol. The minimum absolute atomic E-state index is 0.117. The summed E-state index contributed by atoms with van der Waals surface area (Å²) in [6.45, 7) is 0.903. The minimum Gasteiger partial charge on any atom is -0.481 e. The van der Waals surface area contributed by atoms with Gasteiger partial charge in [-0.15, -0.1) is 0 Å². The zero-order valence-electron chi connectivity index (χ0n) is 18.0. The molecule has 0 bridgehead atoms. The molecule has 1 aromatic heterocycles. The summed E-state index contributed by atoms with van der Waals surface area (Å²) < 4.78 is 0. The van der Waals surface area contributed by atoms with Gasteiger partial charge in [0.15, 0.2) is 0 Å². The van der Waals surface area contributed by atoms with Crippen molar-refractivity contribution in [1.29, 1.82) is 0 Å². The second-order valence-corrected chi connectivity index (χ2v) is 7.52. The zero-order valence-corrected chi connectivity index (χ0v) is 18.0. The maximum atomic E-state index is 12.8. The van der Waals surface area contributed by atoms with Crippen LogP contribution in [0.2, 0.25) is 0 Å². The number of hydrogen-bond acceptors (Lipinski definition) is 6. The average Bonchev–Trinajstić information content (AvgIpc) is 3.16. The second kappa shape index (κ2) is 11.6. The average molecular weight is 461 g/mol. The van der Waals surface area contributed by atoms with Gasteiger partial charge in [-0.2, -0.15) is 0 Å². The van der Waals surface area contributed by atoms with Gasteiger partial charge in [0, 0.05) is 29.9 Å². The summed E-state index contributed by atoms with van der Waals surface area (Å²) in [5.41, 5.74) is 7.21. The number of aromatic nitrogens is 1. The molecule has 2 rings (SSSR count). The molecule has 3 atom stereocenters. The van der Waals surface area contributed by atoms with Gasteiger partial charge in [-0.1, -0.05) is 18.2 Å². The second-order valence-electron chi connectivity index (χ2n) is 7.52. The van der Waals surface area contributed by atoms with Crippen LogP contribution in [-0.4, -0.2) is 69.5 Å². The van der Waals surface area contributed by atoms with E-state index in [0.29, 0.717) is 0 Å². The Morgan fingerprint density at radius 3 is 2.36 bits per heavy atom. The molecule has 0 fully saturated rings. The van der Waals surface area contributed by atoms with Crippen molar-refractivity contribution in [2.24, 2.45) is 5.73 Å². The first-order chi connectivity index (χ1) is 15.6. The fourth-order valence-electron chi connectivity index (χ4n) is 3.09. The Bertz CT molecular complexity index is 1030. The SMILES string of the molecule is CC(N)C(=O)NC(Cc1c[nH]c2ccccc12)C(=O)NCC(=O)NC(CCC(=O)O)C(=O)O. The van der Waals surface area contributed by atoms with Crippen LogP contribution in [0.15, 0.2) is 30.5 Å². The van der Waals surface area contributed by atoms with Crippen LogP contribution in [0.4, 0.5) is 0 Å². The fraction of sp³-hybridized carbons (Fsp3) is 0.381. The monoisotopic (exact) mass is 461 g/mol. The summed E-state index contributed by atoms with van der Waals surface area (Å²) >= 11 is 0. The highest BCUT2D eigenvalue weighted by Gasteiger charge is 2.25. The lowest BCUT2D eigenvalue weighted by Crippen LogP contribution is -2.53. The lowest BCUT2D eigenvalue weighted by atomic mass is 10.0. The molecule has 1 heterocycles. The Labute approximate surface area is 188 Å². The van der Waals surface area contributed by atoms with Crippen LogP contribution in [0.5, 0.6) is 0 Å². The van der Waals surface area contributed by atoms with Crippen molar-refractivity contribution < 1.29 is 34.2 Å². The normalized spacial score (nSPS) is 13.5. The summed E-state index contributed by atoms with van der Waals surface area (Å²) in [7, 11) is 0. The van der Waals surface area contributed by atoms with Gasteiger partial charge in [-0.3, -0.25) is 19.2 Å². The number of carboxylic acids is 2. The zero-order chi connectivity index (χ0) is 24.5. The quantitative estimate of drug-likeness (QED) is 0.210. The van der Waals surface area contributed by atoms with E-state index in [-0.39, 0.29) is 12.8 Å². The largest absolute Gasteiger partial charge is 0.481 e. The predicted octanol–water partition coefficient (Wildman–Crippen LogP) is -0.907. The van der Waals surface area contributed by atoms with E-state index in [9.17, 15) is 24.0 Å². The smallest absolute Gasteiger partial charge is 0.326 e. The van der Waals surface area contributed by atoms with E-state index >= 15 is 0 Å². The summed E-state index contributed by atoms with van der Waals surface area (Å²) in [6, 6.07) is 4.09. The number of H-pyrrole nitrogens is 1. The molecule has 1 aromatic carbocycles. The van der Waals surface area contributed by atoms with Crippen molar-refractivity contribution >= 4 is 40.6 Å². The maximum absolute atomic E-state index is 12.8. The molecule has 178 valence electrons. The van der Waals surface area contributed by atoms with E-state index in [2.05, 4.69) is 20.9 Å². The van der Waals surface area contributed by atoms with Crippen LogP contribution in [0, 0.1) is 0 Å². The number of hydrogen-bond donors (Lipinski definition) is 7. The molecule has 2 aromatic rings. The molecule has 0 saturated carbocycles. The van der Waals surface area contributed by atoms with Crippen molar-refractivity contribution in [3.05, 3.63) is 36.0 Å². The number of carbonyl (C=O) groups excluding carboxylic acids is 3. The first-order valence-corrected chi connectivity index (χ1v) is 10.2.